The molecule has 0 bridgehead atoms. The second kappa shape index (κ2) is 6.22. The molecule has 4 rings (SSSR count). The van der Waals surface area contributed by atoms with Crippen LogP contribution < -0.4 is 0 Å². The number of fused-ring (bicyclic) bond motifs is 3. The third kappa shape index (κ3) is 3.09. The van der Waals surface area contributed by atoms with Crippen molar-refractivity contribution in [3.8, 4) is 0 Å². The maximum Gasteiger partial charge on any atom is 0.389 e. The van der Waals surface area contributed by atoms with E-state index in [1.54, 1.807) is 18.6 Å². The third-order valence-electron chi connectivity index (χ3n) is 4.81. The van der Waals surface area contributed by atoms with E-state index in [2.05, 4.69) is 20.2 Å². The second-order valence-electron chi connectivity index (χ2n) is 6.50. The van der Waals surface area contributed by atoms with Crippen LogP contribution in [0.4, 0.5) is 13.2 Å². The number of nitrogens with one attached hydrogen (secondary N) is 1. The van der Waals surface area contributed by atoms with Gasteiger partial charge in [0.1, 0.15) is 5.52 Å². The first-order valence-electron chi connectivity index (χ1n) is 8.34. The first-order valence-corrected chi connectivity index (χ1v) is 8.34. The SMILES string of the molecule is O=C(CCC(F)(F)F)N1CCC(c2cncc3nnc4[nH]ccc4c23)C1. The zero-order valence-corrected chi connectivity index (χ0v) is 13.8. The van der Waals surface area contributed by atoms with Crippen molar-refractivity contribution in [2.45, 2.75) is 31.4 Å². The summed E-state index contributed by atoms with van der Waals surface area (Å²) in [5.41, 5.74) is 2.28. The first kappa shape index (κ1) is 16.7. The van der Waals surface area contributed by atoms with Gasteiger partial charge in [0, 0.05) is 48.6 Å². The second-order valence-corrected chi connectivity index (χ2v) is 6.50. The lowest BCUT2D eigenvalue weighted by Crippen LogP contribution is -2.29. The van der Waals surface area contributed by atoms with Crippen LogP contribution in [0, 0.1) is 0 Å². The molecule has 1 saturated heterocycles. The maximum atomic E-state index is 12.3. The fourth-order valence-electron chi connectivity index (χ4n) is 3.54. The lowest BCUT2D eigenvalue weighted by molar-refractivity contribution is -0.148. The van der Waals surface area contributed by atoms with Crippen molar-refractivity contribution in [1.82, 2.24) is 25.1 Å². The molecular formula is C17H16F3N5O. The molecule has 1 amide bonds. The van der Waals surface area contributed by atoms with Gasteiger partial charge in [-0.3, -0.25) is 9.78 Å². The molecule has 3 aromatic rings. The quantitative estimate of drug-likeness (QED) is 0.776. The molecule has 4 heterocycles. The molecule has 0 saturated carbocycles. The van der Waals surface area contributed by atoms with Crippen molar-refractivity contribution in [3.63, 3.8) is 0 Å². The van der Waals surface area contributed by atoms with Gasteiger partial charge < -0.3 is 9.88 Å². The number of likely N-dealkylation sites (tertiary alicyclic amines) is 1. The Hall–Kier alpha value is -2.71. The summed E-state index contributed by atoms with van der Waals surface area (Å²) in [6.07, 6.45) is -0.0332. The molecule has 1 fully saturated rings. The van der Waals surface area contributed by atoms with Crippen LogP contribution in [0.25, 0.3) is 21.9 Å². The zero-order chi connectivity index (χ0) is 18.3. The van der Waals surface area contributed by atoms with Crippen LogP contribution in [0.3, 0.4) is 0 Å². The van der Waals surface area contributed by atoms with Crippen molar-refractivity contribution in [3.05, 3.63) is 30.2 Å². The van der Waals surface area contributed by atoms with Crippen LogP contribution in [-0.4, -0.2) is 50.2 Å². The molecule has 1 aliphatic rings. The van der Waals surface area contributed by atoms with Gasteiger partial charge in [-0.1, -0.05) is 0 Å². The molecule has 6 nitrogen and oxygen atoms in total. The summed E-state index contributed by atoms with van der Waals surface area (Å²) in [6.45, 7) is 0.845. The van der Waals surface area contributed by atoms with E-state index in [0.717, 1.165) is 16.3 Å². The van der Waals surface area contributed by atoms with Gasteiger partial charge >= 0.3 is 6.18 Å². The van der Waals surface area contributed by atoms with Crippen LogP contribution in [0.2, 0.25) is 0 Å². The average molecular weight is 363 g/mol. The van der Waals surface area contributed by atoms with Gasteiger partial charge in [-0.2, -0.15) is 13.2 Å². The van der Waals surface area contributed by atoms with Crippen LogP contribution in [0.5, 0.6) is 0 Å². The average Bonchev–Trinajstić information content (AvgIpc) is 3.27. The molecule has 3 aromatic heterocycles. The van der Waals surface area contributed by atoms with Gasteiger partial charge in [0.15, 0.2) is 5.65 Å². The number of H-pyrrole nitrogens is 1. The number of alkyl halides is 3. The maximum absolute atomic E-state index is 12.3. The number of carbonyl (C=O) groups is 1. The van der Waals surface area contributed by atoms with E-state index in [1.807, 2.05) is 6.07 Å². The summed E-state index contributed by atoms with van der Waals surface area (Å²) in [7, 11) is 0. The Morgan fingerprint density at radius 2 is 2.15 bits per heavy atom. The zero-order valence-electron chi connectivity index (χ0n) is 13.8. The van der Waals surface area contributed by atoms with Crippen LogP contribution >= 0.6 is 0 Å². The molecular weight excluding hydrogens is 347 g/mol. The van der Waals surface area contributed by atoms with E-state index in [9.17, 15) is 18.0 Å². The topological polar surface area (TPSA) is 74.8 Å². The highest BCUT2D eigenvalue weighted by atomic mass is 19.4. The minimum absolute atomic E-state index is 0.0170. The number of hydrogen-bond acceptors (Lipinski definition) is 4. The largest absolute Gasteiger partial charge is 0.389 e. The van der Waals surface area contributed by atoms with E-state index >= 15 is 0 Å². The van der Waals surface area contributed by atoms with Gasteiger partial charge in [-0.15, -0.1) is 10.2 Å². The minimum atomic E-state index is -4.31. The summed E-state index contributed by atoms with van der Waals surface area (Å²) in [6, 6.07) is 1.91. The highest BCUT2D eigenvalue weighted by Gasteiger charge is 2.32. The van der Waals surface area contributed by atoms with Crippen LogP contribution in [0.15, 0.2) is 24.7 Å². The van der Waals surface area contributed by atoms with Gasteiger partial charge in [0.2, 0.25) is 5.91 Å². The summed E-state index contributed by atoms with van der Waals surface area (Å²) in [4.78, 5) is 20.8. The van der Waals surface area contributed by atoms with E-state index in [0.29, 0.717) is 30.7 Å². The Morgan fingerprint density at radius 3 is 2.96 bits per heavy atom. The highest BCUT2D eigenvalue weighted by molar-refractivity contribution is 6.04. The Labute approximate surface area is 146 Å². The van der Waals surface area contributed by atoms with Crippen LogP contribution in [0.1, 0.15) is 30.7 Å². The van der Waals surface area contributed by atoms with Crippen LogP contribution in [-0.2, 0) is 4.79 Å². The number of rotatable bonds is 3. The molecule has 26 heavy (non-hydrogen) atoms. The third-order valence-corrected chi connectivity index (χ3v) is 4.81. The number of aromatic amines is 1. The summed E-state index contributed by atoms with van der Waals surface area (Å²) >= 11 is 0. The molecule has 1 atom stereocenters. The molecule has 1 aliphatic heterocycles. The molecule has 9 heteroatoms. The Kier molecular flexibility index (Phi) is 4.01. The number of hydrogen-bond donors (Lipinski definition) is 1. The van der Waals surface area contributed by atoms with Gasteiger partial charge in [-0.25, -0.2) is 0 Å². The van der Waals surface area contributed by atoms with Crippen molar-refractivity contribution in [2.24, 2.45) is 0 Å². The molecule has 0 spiro atoms. The Balaban J connectivity index is 1.59. The first-order chi connectivity index (χ1) is 12.4. The van der Waals surface area contributed by atoms with E-state index < -0.39 is 24.9 Å². The number of pyridine rings is 1. The Bertz CT molecular complexity index is 968. The highest BCUT2D eigenvalue weighted by Crippen LogP contribution is 2.34. The summed E-state index contributed by atoms with van der Waals surface area (Å²) in [5.74, 6) is -0.437. The van der Waals surface area contributed by atoms with Gasteiger partial charge in [0.05, 0.1) is 12.6 Å². The minimum Gasteiger partial charge on any atom is -0.345 e. The summed E-state index contributed by atoms with van der Waals surface area (Å²) < 4.78 is 37.0. The van der Waals surface area contributed by atoms with E-state index in [-0.39, 0.29) is 5.92 Å². The number of halogens is 3. The Morgan fingerprint density at radius 1 is 1.31 bits per heavy atom. The monoisotopic (exact) mass is 363 g/mol. The normalized spacial score (nSPS) is 18.1. The molecule has 136 valence electrons. The fraction of sp³-hybridized carbons (Fsp3) is 0.412. The number of amides is 1. The van der Waals surface area contributed by atoms with Crippen molar-refractivity contribution in [2.75, 3.05) is 13.1 Å². The van der Waals surface area contributed by atoms with Gasteiger partial charge in [0.25, 0.3) is 0 Å². The van der Waals surface area contributed by atoms with E-state index in [4.69, 9.17) is 0 Å². The molecule has 0 radical (unpaired) electrons. The molecule has 0 aromatic carbocycles. The lowest BCUT2D eigenvalue weighted by atomic mass is 9.95. The number of nitrogens with zero attached hydrogens (tertiary/aromatic N) is 4. The summed E-state index contributed by atoms with van der Waals surface area (Å²) in [5, 5.41) is 10.1. The smallest absolute Gasteiger partial charge is 0.345 e. The van der Waals surface area contributed by atoms with Crippen molar-refractivity contribution in [1.29, 1.82) is 0 Å². The lowest BCUT2D eigenvalue weighted by Gasteiger charge is -2.18. The van der Waals surface area contributed by atoms with Gasteiger partial charge in [-0.05, 0) is 18.1 Å². The van der Waals surface area contributed by atoms with Crippen molar-refractivity contribution < 1.29 is 18.0 Å². The molecule has 1 unspecified atom stereocenters. The number of carbonyl (C=O) groups excluding carboxylic acids is 1. The molecule has 1 N–H and O–H groups in total. The predicted octanol–water partition coefficient (Wildman–Crippen LogP) is 3.16. The predicted molar refractivity (Wildman–Crippen MR) is 88.4 cm³/mol. The number of aromatic nitrogens is 4. The van der Waals surface area contributed by atoms with E-state index in [1.165, 1.54) is 4.90 Å². The fourth-order valence-corrected chi connectivity index (χ4v) is 3.54. The van der Waals surface area contributed by atoms with Crippen molar-refractivity contribution >= 4 is 27.8 Å². The standard InChI is InChI=1S/C17H16F3N5O/c18-17(19,20)4-1-14(26)25-6-3-10(9-25)12-7-21-8-13-15(12)11-2-5-22-16(11)24-23-13/h2,5,7-8,10H,1,3-4,6,9H2,(H,22,24). The molecule has 0 aliphatic carbocycles.